The fourth-order valence-electron chi connectivity index (χ4n) is 2.72. The predicted molar refractivity (Wildman–Crippen MR) is 115 cm³/mol. The molecule has 0 spiro atoms. The summed E-state index contributed by atoms with van der Waals surface area (Å²) in [5, 5.41) is 17.0. The number of guanidine groups is 1. The molecule has 0 bridgehead atoms. The van der Waals surface area contributed by atoms with Crippen molar-refractivity contribution in [2.75, 3.05) is 40.5 Å². The van der Waals surface area contributed by atoms with Crippen LogP contribution in [-0.2, 0) is 11.3 Å². The van der Waals surface area contributed by atoms with Gasteiger partial charge in [-0.3, -0.25) is 4.99 Å². The molecule has 0 saturated carbocycles. The van der Waals surface area contributed by atoms with Gasteiger partial charge in [-0.25, -0.2) is 0 Å². The average molecular weight is 402 g/mol. The van der Waals surface area contributed by atoms with Crippen LogP contribution < -0.4 is 20.1 Å². The van der Waals surface area contributed by atoms with Gasteiger partial charge in [0.1, 0.15) is 17.6 Å². The van der Waals surface area contributed by atoms with E-state index >= 15 is 0 Å². The Balaban J connectivity index is 1.86. The molecule has 0 heterocycles. The predicted octanol–water partition coefficient (Wildman–Crippen LogP) is 2.51. The molecule has 7 nitrogen and oxygen atoms in total. The van der Waals surface area contributed by atoms with Crippen LogP contribution in [0.2, 0.25) is 0 Å². The number of nitrogens with one attached hydrogen (secondary N) is 2. The Labute approximate surface area is 172 Å². The van der Waals surface area contributed by atoms with E-state index < -0.39 is 6.10 Å². The highest BCUT2D eigenvalue weighted by molar-refractivity contribution is 5.79. The second-order valence-electron chi connectivity index (χ2n) is 6.31. The van der Waals surface area contributed by atoms with Gasteiger partial charge in [0, 0.05) is 18.7 Å². The second-order valence-corrected chi connectivity index (χ2v) is 6.31. The maximum Gasteiger partial charge on any atom is 0.191 e. The van der Waals surface area contributed by atoms with Crippen molar-refractivity contribution in [3.05, 3.63) is 59.7 Å². The standard InChI is InChI=1S/C22H31N3O4/c1-4-23-22(24-12-13-29-16-17-8-6-5-7-9-17)25-15-20(26)19-14-18(27-2)10-11-21(19)28-3/h5-11,14,20,26H,4,12-13,15-16H2,1-3H3,(H2,23,24,25). The van der Waals surface area contributed by atoms with Gasteiger partial charge in [0.15, 0.2) is 5.96 Å². The van der Waals surface area contributed by atoms with Crippen LogP contribution in [0.5, 0.6) is 11.5 Å². The summed E-state index contributed by atoms with van der Waals surface area (Å²) in [6.07, 6.45) is -0.815. The van der Waals surface area contributed by atoms with Crippen LogP contribution in [0.3, 0.4) is 0 Å². The zero-order valence-electron chi connectivity index (χ0n) is 17.4. The van der Waals surface area contributed by atoms with E-state index in [1.807, 2.05) is 37.3 Å². The van der Waals surface area contributed by atoms with E-state index in [0.717, 1.165) is 12.1 Å². The van der Waals surface area contributed by atoms with Gasteiger partial charge < -0.3 is 30.0 Å². The van der Waals surface area contributed by atoms with Crippen molar-refractivity contribution in [3.63, 3.8) is 0 Å². The molecule has 2 rings (SSSR count). The summed E-state index contributed by atoms with van der Waals surface area (Å²) in [6, 6.07) is 15.4. The van der Waals surface area contributed by atoms with Gasteiger partial charge in [-0.2, -0.15) is 0 Å². The van der Waals surface area contributed by atoms with Crippen molar-refractivity contribution < 1.29 is 19.3 Å². The molecule has 3 N–H and O–H groups in total. The Morgan fingerprint density at radius 2 is 1.86 bits per heavy atom. The molecule has 0 aliphatic rings. The quantitative estimate of drug-likeness (QED) is 0.305. The molecule has 2 aromatic carbocycles. The molecule has 0 fully saturated rings. The van der Waals surface area contributed by atoms with E-state index in [1.165, 1.54) is 0 Å². The summed E-state index contributed by atoms with van der Waals surface area (Å²) in [5.41, 5.74) is 1.78. The number of hydrogen-bond acceptors (Lipinski definition) is 5. The fraction of sp³-hybridized carbons (Fsp3) is 0.409. The van der Waals surface area contributed by atoms with Gasteiger partial charge in [-0.05, 0) is 30.7 Å². The summed E-state index contributed by atoms with van der Waals surface area (Å²) in [5.74, 6) is 1.88. The Hall–Kier alpha value is -2.77. The van der Waals surface area contributed by atoms with Crippen LogP contribution in [0, 0.1) is 0 Å². The van der Waals surface area contributed by atoms with Crippen LogP contribution in [0.25, 0.3) is 0 Å². The highest BCUT2D eigenvalue weighted by Crippen LogP contribution is 2.29. The first-order chi connectivity index (χ1) is 14.2. The minimum absolute atomic E-state index is 0.184. The molecule has 1 atom stereocenters. The van der Waals surface area contributed by atoms with Gasteiger partial charge in [0.25, 0.3) is 0 Å². The van der Waals surface area contributed by atoms with Crippen molar-refractivity contribution in [1.82, 2.24) is 10.6 Å². The number of nitrogens with zero attached hydrogens (tertiary/aromatic N) is 1. The Kier molecular flexibility index (Phi) is 9.82. The van der Waals surface area contributed by atoms with E-state index in [2.05, 4.69) is 15.6 Å². The SMILES string of the molecule is CCNC(=NCC(O)c1cc(OC)ccc1OC)NCCOCc1ccccc1. The second kappa shape index (κ2) is 12.6. The Morgan fingerprint density at radius 3 is 2.55 bits per heavy atom. The molecule has 158 valence electrons. The normalized spacial score (nSPS) is 12.3. The lowest BCUT2D eigenvalue weighted by molar-refractivity contribution is 0.125. The van der Waals surface area contributed by atoms with Crippen LogP contribution >= 0.6 is 0 Å². The zero-order valence-corrected chi connectivity index (χ0v) is 17.4. The molecule has 0 aliphatic heterocycles. The zero-order chi connectivity index (χ0) is 20.9. The molecule has 0 radical (unpaired) electrons. The number of aliphatic hydroxyl groups is 1. The smallest absolute Gasteiger partial charge is 0.191 e. The van der Waals surface area contributed by atoms with Gasteiger partial charge in [0.05, 0.1) is 34.0 Å². The third-order valence-electron chi connectivity index (χ3n) is 4.21. The number of ether oxygens (including phenoxy) is 3. The Bertz CT molecular complexity index is 753. The third-order valence-corrected chi connectivity index (χ3v) is 4.21. The number of hydrogen-bond donors (Lipinski definition) is 3. The summed E-state index contributed by atoms with van der Waals surface area (Å²) in [4.78, 5) is 4.47. The van der Waals surface area contributed by atoms with Gasteiger partial charge in [-0.1, -0.05) is 30.3 Å². The molecule has 0 amide bonds. The topological polar surface area (TPSA) is 84.3 Å². The first kappa shape index (κ1) is 22.5. The van der Waals surface area contributed by atoms with Crippen molar-refractivity contribution in [2.45, 2.75) is 19.6 Å². The monoisotopic (exact) mass is 401 g/mol. The van der Waals surface area contributed by atoms with Gasteiger partial charge in [0.2, 0.25) is 0 Å². The minimum atomic E-state index is -0.815. The molecular formula is C22H31N3O4. The van der Waals surface area contributed by atoms with E-state index in [-0.39, 0.29) is 6.54 Å². The molecule has 29 heavy (non-hydrogen) atoms. The third kappa shape index (κ3) is 7.63. The first-order valence-corrected chi connectivity index (χ1v) is 9.71. The largest absolute Gasteiger partial charge is 0.497 e. The summed E-state index contributed by atoms with van der Waals surface area (Å²) < 4.78 is 16.2. The van der Waals surface area contributed by atoms with E-state index in [4.69, 9.17) is 14.2 Å². The number of rotatable bonds is 11. The maximum absolute atomic E-state index is 10.6. The number of benzene rings is 2. The first-order valence-electron chi connectivity index (χ1n) is 9.71. The summed E-state index contributed by atoms with van der Waals surface area (Å²) >= 11 is 0. The van der Waals surface area contributed by atoms with Gasteiger partial charge >= 0.3 is 0 Å². The van der Waals surface area contributed by atoms with Crippen molar-refractivity contribution >= 4 is 5.96 Å². The van der Waals surface area contributed by atoms with Crippen LogP contribution in [0.4, 0.5) is 0 Å². The van der Waals surface area contributed by atoms with Crippen LogP contribution in [0.1, 0.15) is 24.2 Å². The summed E-state index contributed by atoms with van der Waals surface area (Å²) in [7, 11) is 3.16. The Morgan fingerprint density at radius 1 is 1.07 bits per heavy atom. The minimum Gasteiger partial charge on any atom is -0.497 e. The highest BCUT2D eigenvalue weighted by atomic mass is 16.5. The summed E-state index contributed by atoms with van der Waals surface area (Å²) in [6.45, 7) is 4.62. The lowest BCUT2D eigenvalue weighted by Crippen LogP contribution is -2.39. The van der Waals surface area contributed by atoms with E-state index in [9.17, 15) is 5.11 Å². The number of aliphatic hydroxyl groups excluding tert-OH is 1. The number of aliphatic imine (C=N–C) groups is 1. The van der Waals surface area contributed by atoms with E-state index in [0.29, 0.717) is 42.8 Å². The molecule has 7 heteroatoms. The van der Waals surface area contributed by atoms with Crippen LogP contribution in [0.15, 0.2) is 53.5 Å². The van der Waals surface area contributed by atoms with Crippen molar-refractivity contribution in [2.24, 2.45) is 4.99 Å². The maximum atomic E-state index is 10.6. The fourth-order valence-corrected chi connectivity index (χ4v) is 2.72. The lowest BCUT2D eigenvalue weighted by Gasteiger charge is -2.16. The molecule has 2 aromatic rings. The molecule has 1 unspecified atom stereocenters. The highest BCUT2D eigenvalue weighted by Gasteiger charge is 2.14. The molecule has 0 saturated heterocycles. The van der Waals surface area contributed by atoms with Gasteiger partial charge in [-0.15, -0.1) is 0 Å². The van der Waals surface area contributed by atoms with Crippen molar-refractivity contribution in [3.8, 4) is 11.5 Å². The lowest BCUT2D eigenvalue weighted by atomic mass is 10.1. The molecule has 0 aromatic heterocycles. The molecule has 0 aliphatic carbocycles. The van der Waals surface area contributed by atoms with E-state index in [1.54, 1.807) is 32.4 Å². The number of methoxy groups -OCH3 is 2. The van der Waals surface area contributed by atoms with Crippen LogP contribution in [-0.4, -0.2) is 51.5 Å². The average Bonchev–Trinajstić information content (AvgIpc) is 2.77. The van der Waals surface area contributed by atoms with Crippen molar-refractivity contribution in [1.29, 1.82) is 0 Å². The molecular weight excluding hydrogens is 370 g/mol.